The van der Waals surface area contributed by atoms with Gasteiger partial charge >= 0.3 is 0 Å². The van der Waals surface area contributed by atoms with Crippen LogP contribution in [0.15, 0.2) is 42.5 Å². The molecule has 0 saturated carbocycles. The van der Waals surface area contributed by atoms with Gasteiger partial charge in [-0.05, 0) is 35.6 Å². The van der Waals surface area contributed by atoms with Gasteiger partial charge in [-0.3, -0.25) is 4.79 Å². The first-order valence-corrected chi connectivity index (χ1v) is 5.98. The van der Waals surface area contributed by atoms with Crippen LogP contribution in [0.5, 0.6) is 0 Å². The molecular formula is C16H14O. The van der Waals surface area contributed by atoms with E-state index in [0.29, 0.717) is 12.2 Å². The topological polar surface area (TPSA) is 17.1 Å². The van der Waals surface area contributed by atoms with Crippen LogP contribution in [0.3, 0.4) is 0 Å². The zero-order chi connectivity index (χ0) is 11.8. The number of Topliss-reactive ketones (excluding diaryl/α,β-unsaturated/α-hetero) is 1. The van der Waals surface area contributed by atoms with E-state index in [-0.39, 0.29) is 0 Å². The Labute approximate surface area is 101 Å². The lowest BCUT2D eigenvalue weighted by molar-refractivity contribution is 0.0995. The fraction of sp³-hybridized carbons (Fsp3) is 0.188. The fourth-order valence-electron chi connectivity index (χ4n) is 2.61. The molecule has 1 aliphatic rings. The zero-order valence-corrected chi connectivity index (χ0v) is 9.86. The molecule has 0 atom stereocenters. The Kier molecular flexibility index (Phi) is 2.32. The molecule has 0 fully saturated rings. The van der Waals surface area contributed by atoms with E-state index in [9.17, 15) is 4.79 Å². The summed E-state index contributed by atoms with van der Waals surface area (Å²) in [6, 6.07) is 14.4. The third-order valence-corrected chi connectivity index (χ3v) is 3.49. The second-order valence-electron chi connectivity index (χ2n) is 4.58. The summed E-state index contributed by atoms with van der Waals surface area (Å²) in [7, 11) is 0. The quantitative estimate of drug-likeness (QED) is 0.717. The predicted octanol–water partition coefficient (Wildman–Crippen LogP) is 3.79. The smallest absolute Gasteiger partial charge is 0.164 e. The van der Waals surface area contributed by atoms with Crippen LogP contribution in [0.4, 0.5) is 0 Å². The number of hydrogen-bond donors (Lipinski definition) is 0. The second-order valence-corrected chi connectivity index (χ2v) is 4.58. The SMILES string of the molecule is Cc1ccccc1-c1cccc2c1C(=O)CC2. The summed E-state index contributed by atoms with van der Waals surface area (Å²) in [4.78, 5) is 12.0. The molecule has 84 valence electrons. The summed E-state index contributed by atoms with van der Waals surface area (Å²) in [6.45, 7) is 2.09. The molecule has 17 heavy (non-hydrogen) atoms. The third-order valence-electron chi connectivity index (χ3n) is 3.49. The predicted molar refractivity (Wildman–Crippen MR) is 69.3 cm³/mol. The van der Waals surface area contributed by atoms with Crippen LogP contribution in [0.25, 0.3) is 11.1 Å². The first kappa shape index (κ1) is 10.3. The zero-order valence-electron chi connectivity index (χ0n) is 9.86. The average Bonchev–Trinajstić information content (AvgIpc) is 2.72. The Balaban J connectivity index is 2.27. The maximum atomic E-state index is 12.0. The van der Waals surface area contributed by atoms with Crippen LogP contribution in [-0.2, 0) is 6.42 Å². The van der Waals surface area contributed by atoms with E-state index < -0.39 is 0 Å². The molecule has 0 spiro atoms. The molecule has 0 aliphatic heterocycles. The number of carbonyl (C=O) groups excluding carboxylic acids is 1. The molecule has 0 amide bonds. The summed E-state index contributed by atoms with van der Waals surface area (Å²) in [5, 5.41) is 0. The summed E-state index contributed by atoms with van der Waals surface area (Å²) >= 11 is 0. The van der Waals surface area contributed by atoms with Crippen molar-refractivity contribution in [1.29, 1.82) is 0 Å². The van der Waals surface area contributed by atoms with E-state index in [1.165, 1.54) is 16.7 Å². The van der Waals surface area contributed by atoms with E-state index in [4.69, 9.17) is 0 Å². The van der Waals surface area contributed by atoms with Gasteiger partial charge in [0, 0.05) is 12.0 Å². The number of aryl methyl sites for hydroxylation is 2. The maximum Gasteiger partial charge on any atom is 0.164 e. The number of rotatable bonds is 1. The van der Waals surface area contributed by atoms with Gasteiger partial charge in [0.15, 0.2) is 5.78 Å². The summed E-state index contributed by atoms with van der Waals surface area (Å²) in [6.07, 6.45) is 1.56. The fourth-order valence-corrected chi connectivity index (χ4v) is 2.61. The van der Waals surface area contributed by atoms with Gasteiger partial charge in [-0.15, -0.1) is 0 Å². The molecule has 2 aromatic carbocycles. The second kappa shape index (κ2) is 3.85. The molecule has 0 aromatic heterocycles. The van der Waals surface area contributed by atoms with Gasteiger partial charge < -0.3 is 0 Å². The molecule has 0 heterocycles. The van der Waals surface area contributed by atoms with E-state index in [1.54, 1.807) is 0 Å². The summed E-state index contributed by atoms with van der Waals surface area (Å²) < 4.78 is 0. The standard InChI is InChI=1S/C16H14O/c1-11-5-2-3-7-13(11)14-8-4-6-12-9-10-15(17)16(12)14/h2-8H,9-10H2,1H3. The number of hydrogen-bond acceptors (Lipinski definition) is 1. The molecule has 0 unspecified atom stereocenters. The Morgan fingerprint density at radius 3 is 2.47 bits per heavy atom. The molecule has 0 saturated heterocycles. The summed E-state index contributed by atoms with van der Waals surface area (Å²) in [5.74, 6) is 0.291. The van der Waals surface area contributed by atoms with E-state index in [0.717, 1.165) is 17.5 Å². The Morgan fingerprint density at radius 2 is 1.65 bits per heavy atom. The monoisotopic (exact) mass is 222 g/mol. The van der Waals surface area contributed by atoms with Gasteiger partial charge in [-0.1, -0.05) is 42.5 Å². The van der Waals surface area contributed by atoms with Crippen LogP contribution < -0.4 is 0 Å². The normalized spacial score (nSPS) is 13.8. The highest BCUT2D eigenvalue weighted by atomic mass is 16.1. The molecule has 1 heteroatoms. The van der Waals surface area contributed by atoms with Gasteiger partial charge in [-0.2, -0.15) is 0 Å². The number of benzene rings is 2. The average molecular weight is 222 g/mol. The lowest BCUT2D eigenvalue weighted by atomic mass is 9.94. The minimum Gasteiger partial charge on any atom is -0.294 e. The first-order chi connectivity index (χ1) is 8.27. The van der Waals surface area contributed by atoms with E-state index in [1.807, 2.05) is 12.1 Å². The lowest BCUT2D eigenvalue weighted by Gasteiger charge is -2.10. The van der Waals surface area contributed by atoms with Crippen molar-refractivity contribution in [1.82, 2.24) is 0 Å². The Morgan fingerprint density at radius 1 is 0.882 bits per heavy atom. The Bertz CT molecular complexity index is 596. The van der Waals surface area contributed by atoms with E-state index >= 15 is 0 Å². The number of carbonyl (C=O) groups is 1. The van der Waals surface area contributed by atoms with Crippen molar-refractivity contribution in [3.8, 4) is 11.1 Å². The van der Waals surface area contributed by atoms with Crippen molar-refractivity contribution in [2.24, 2.45) is 0 Å². The molecule has 0 bridgehead atoms. The van der Waals surface area contributed by atoms with Crippen LogP contribution in [0.2, 0.25) is 0 Å². The number of fused-ring (bicyclic) bond motifs is 1. The van der Waals surface area contributed by atoms with Crippen LogP contribution >= 0.6 is 0 Å². The van der Waals surface area contributed by atoms with Crippen molar-refractivity contribution < 1.29 is 4.79 Å². The van der Waals surface area contributed by atoms with Crippen molar-refractivity contribution in [2.45, 2.75) is 19.8 Å². The van der Waals surface area contributed by atoms with Crippen molar-refractivity contribution in [3.05, 3.63) is 59.2 Å². The van der Waals surface area contributed by atoms with Gasteiger partial charge in [0.2, 0.25) is 0 Å². The van der Waals surface area contributed by atoms with Crippen molar-refractivity contribution in [2.75, 3.05) is 0 Å². The van der Waals surface area contributed by atoms with Gasteiger partial charge in [0.05, 0.1) is 0 Å². The molecule has 1 aliphatic carbocycles. The first-order valence-electron chi connectivity index (χ1n) is 5.98. The van der Waals surface area contributed by atoms with Crippen LogP contribution in [-0.4, -0.2) is 5.78 Å². The van der Waals surface area contributed by atoms with Gasteiger partial charge in [-0.25, -0.2) is 0 Å². The van der Waals surface area contributed by atoms with Crippen molar-refractivity contribution >= 4 is 5.78 Å². The van der Waals surface area contributed by atoms with Crippen molar-refractivity contribution in [3.63, 3.8) is 0 Å². The lowest BCUT2D eigenvalue weighted by Crippen LogP contribution is -1.96. The minimum absolute atomic E-state index is 0.291. The van der Waals surface area contributed by atoms with Crippen LogP contribution in [0, 0.1) is 6.92 Å². The molecular weight excluding hydrogens is 208 g/mol. The van der Waals surface area contributed by atoms with Gasteiger partial charge in [0.25, 0.3) is 0 Å². The molecule has 0 radical (unpaired) electrons. The molecule has 2 aromatic rings. The maximum absolute atomic E-state index is 12.0. The highest BCUT2D eigenvalue weighted by Gasteiger charge is 2.23. The van der Waals surface area contributed by atoms with Gasteiger partial charge in [0.1, 0.15) is 0 Å². The highest BCUT2D eigenvalue weighted by molar-refractivity contribution is 6.06. The minimum atomic E-state index is 0.291. The number of ketones is 1. The van der Waals surface area contributed by atoms with Crippen LogP contribution in [0.1, 0.15) is 27.9 Å². The third kappa shape index (κ3) is 1.59. The molecule has 1 nitrogen and oxygen atoms in total. The summed E-state index contributed by atoms with van der Waals surface area (Å²) in [5.41, 5.74) is 5.65. The Hall–Kier alpha value is -1.89. The van der Waals surface area contributed by atoms with E-state index in [2.05, 4.69) is 37.3 Å². The highest BCUT2D eigenvalue weighted by Crippen LogP contribution is 2.33. The largest absolute Gasteiger partial charge is 0.294 e. The molecule has 3 rings (SSSR count). The molecule has 0 N–H and O–H groups in total.